The summed E-state index contributed by atoms with van der Waals surface area (Å²) in [6.07, 6.45) is 0.482. The lowest BCUT2D eigenvalue weighted by molar-refractivity contribution is 0.111. The minimum atomic E-state index is -3.16. The predicted octanol–water partition coefficient (Wildman–Crippen LogP) is 1.01. The average molecular weight is 326 g/mol. The van der Waals surface area contributed by atoms with Crippen molar-refractivity contribution in [2.45, 2.75) is 11.5 Å². The number of sulfone groups is 1. The van der Waals surface area contributed by atoms with Crippen molar-refractivity contribution in [3.63, 3.8) is 0 Å². The van der Waals surface area contributed by atoms with Crippen molar-refractivity contribution in [1.82, 2.24) is 4.90 Å². The van der Waals surface area contributed by atoms with Gasteiger partial charge >= 0.3 is 0 Å². The highest BCUT2D eigenvalue weighted by Gasteiger charge is 2.32. The van der Waals surface area contributed by atoms with E-state index in [9.17, 15) is 13.5 Å². The van der Waals surface area contributed by atoms with Crippen LogP contribution in [0.15, 0.2) is 24.3 Å². The summed E-state index contributed by atoms with van der Waals surface area (Å²) in [7, 11) is -3.16. The summed E-state index contributed by atoms with van der Waals surface area (Å²) >= 11 is 1.62. The van der Waals surface area contributed by atoms with Crippen LogP contribution in [-0.4, -0.2) is 54.6 Å². The van der Waals surface area contributed by atoms with Gasteiger partial charge in [-0.15, -0.1) is 0 Å². The van der Waals surface area contributed by atoms with E-state index < -0.39 is 21.3 Å². The van der Waals surface area contributed by atoms with Crippen molar-refractivity contribution in [3.05, 3.63) is 35.4 Å². The van der Waals surface area contributed by atoms with E-state index >= 15 is 0 Å². The monoisotopic (exact) mass is 326 g/mol. The molecule has 1 heterocycles. The van der Waals surface area contributed by atoms with Gasteiger partial charge in [0.1, 0.15) is 5.37 Å². The van der Waals surface area contributed by atoms with Gasteiger partial charge in [0.15, 0.2) is 9.84 Å². The minimum Gasteiger partial charge on any atom is -0.387 e. The van der Waals surface area contributed by atoms with E-state index in [1.165, 1.54) is 6.26 Å². The Morgan fingerprint density at radius 2 is 2.14 bits per heavy atom. The molecule has 1 aromatic rings. The number of rotatable bonds is 4. The van der Waals surface area contributed by atoms with Crippen LogP contribution in [0, 0.1) is 11.3 Å². The summed E-state index contributed by atoms with van der Waals surface area (Å²) in [6, 6.07) is 8.74. The van der Waals surface area contributed by atoms with Crippen LogP contribution in [0.2, 0.25) is 0 Å². The van der Waals surface area contributed by atoms with E-state index in [2.05, 4.69) is 0 Å². The number of nitrogens with zero attached hydrogens (tertiary/aromatic N) is 2. The Balaban J connectivity index is 2.09. The molecule has 0 aromatic heterocycles. The first kappa shape index (κ1) is 16.3. The highest BCUT2D eigenvalue weighted by molar-refractivity contribution is 8.00. The molecule has 114 valence electrons. The maximum absolute atomic E-state index is 11.8. The molecule has 1 aliphatic rings. The van der Waals surface area contributed by atoms with Gasteiger partial charge in [-0.25, -0.2) is 8.42 Å². The van der Waals surface area contributed by atoms with E-state index in [1.807, 2.05) is 11.0 Å². The van der Waals surface area contributed by atoms with Crippen molar-refractivity contribution in [3.8, 4) is 6.07 Å². The Kier molecular flexibility index (Phi) is 5.27. The average Bonchev–Trinajstić information content (AvgIpc) is 2.47. The summed E-state index contributed by atoms with van der Waals surface area (Å²) in [4.78, 5) is 1.83. The molecule has 1 N–H and O–H groups in total. The lowest BCUT2D eigenvalue weighted by atomic mass is 10.1. The molecular formula is C14H18N2O3S2. The summed E-state index contributed by atoms with van der Waals surface area (Å²) in [5.74, 6) is 1.41. The molecule has 2 unspecified atom stereocenters. The molecule has 7 heteroatoms. The van der Waals surface area contributed by atoms with Crippen molar-refractivity contribution in [2.24, 2.45) is 0 Å². The molecule has 1 aliphatic heterocycles. The molecule has 5 nitrogen and oxygen atoms in total. The van der Waals surface area contributed by atoms with Crippen LogP contribution in [0.5, 0.6) is 0 Å². The molecule has 0 aliphatic carbocycles. The second-order valence-corrected chi connectivity index (χ2v) is 8.46. The normalized spacial score (nSPS) is 21.7. The summed E-state index contributed by atoms with van der Waals surface area (Å²) in [6.45, 7) is 0.930. The van der Waals surface area contributed by atoms with E-state index in [0.717, 1.165) is 5.75 Å². The van der Waals surface area contributed by atoms with Crippen LogP contribution in [0.25, 0.3) is 0 Å². The third-order valence-electron chi connectivity index (χ3n) is 3.52. The van der Waals surface area contributed by atoms with Gasteiger partial charge in [0.05, 0.1) is 17.7 Å². The molecule has 0 bridgehead atoms. The van der Waals surface area contributed by atoms with Gasteiger partial charge in [-0.3, -0.25) is 4.90 Å². The summed E-state index contributed by atoms with van der Waals surface area (Å²) < 4.78 is 23.7. The molecule has 1 saturated heterocycles. The fraction of sp³-hybridized carbons (Fsp3) is 0.500. The third-order valence-corrected chi connectivity index (χ3v) is 6.20. The zero-order chi connectivity index (χ0) is 15.5. The van der Waals surface area contributed by atoms with Gasteiger partial charge < -0.3 is 5.11 Å². The van der Waals surface area contributed by atoms with Crippen LogP contribution in [0.3, 0.4) is 0 Å². The lowest BCUT2D eigenvalue weighted by Gasteiger charge is -2.35. The largest absolute Gasteiger partial charge is 0.387 e. The van der Waals surface area contributed by atoms with Gasteiger partial charge in [0.2, 0.25) is 0 Å². The number of aliphatic hydroxyl groups excluding tert-OH is 1. The minimum absolute atomic E-state index is 0.282. The van der Waals surface area contributed by atoms with Crippen molar-refractivity contribution in [1.29, 1.82) is 5.26 Å². The van der Waals surface area contributed by atoms with Gasteiger partial charge in [-0.2, -0.15) is 17.0 Å². The molecule has 2 atom stereocenters. The quantitative estimate of drug-likeness (QED) is 0.889. The Morgan fingerprint density at radius 1 is 1.48 bits per heavy atom. The Hall–Kier alpha value is -1.07. The number of β-amino-alcohol motifs (C(OH)–C–C–N with tert-alkyl or cyclic N) is 1. The molecule has 0 amide bonds. The first-order valence-corrected chi connectivity index (χ1v) is 9.71. The van der Waals surface area contributed by atoms with Crippen molar-refractivity contribution in [2.75, 3.05) is 30.9 Å². The van der Waals surface area contributed by atoms with Gasteiger partial charge in [-0.05, 0) is 17.7 Å². The molecule has 1 fully saturated rings. The van der Waals surface area contributed by atoms with Crippen LogP contribution < -0.4 is 0 Å². The lowest BCUT2D eigenvalue weighted by Crippen LogP contribution is -2.48. The number of hydrogen-bond acceptors (Lipinski definition) is 6. The standard InChI is InChI=1S/C14H18N2O3S2/c1-21(18,19)14-10-20-7-6-16(14)9-13(17)12-4-2-11(8-15)3-5-12/h2-5,13-14,17H,6-7,9-10H2,1H3. The molecule has 0 radical (unpaired) electrons. The number of aliphatic hydroxyl groups is 1. The molecule has 1 aromatic carbocycles. The topological polar surface area (TPSA) is 81.4 Å². The molecule has 0 spiro atoms. The maximum Gasteiger partial charge on any atom is 0.164 e. The zero-order valence-electron chi connectivity index (χ0n) is 11.8. The van der Waals surface area contributed by atoms with Crippen LogP contribution in [-0.2, 0) is 9.84 Å². The second-order valence-electron chi connectivity index (χ2n) is 5.10. The summed E-state index contributed by atoms with van der Waals surface area (Å²) in [5.41, 5.74) is 1.23. The molecule has 21 heavy (non-hydrogen) atoms. The van der Waals surface area contributed by atoms with Gasteiger partial charge in [0, 0.05) is 30.9 Å². The smallest absolute Gasteiger partial charge is 0.164 e. The van der Waals surface area contributed by atoms with Crippen LogP contribution in [0.4, 0.5) is 0 Å². The maximum atomic E-state index is 11.8. The van der Waals surface area contributed by atoms with Crippen LogP contribution in [0.1, 0.15) is 17.2 Å². The fourth-order valence-corrected chi connectivity index (χ4v) is 5.28. The molecule has 0 saturated carbocycles. The number of benzene rings is 1. The van der Waals surface area contributed by atoms with E-state index in [-0.39, 0.29) is 6.54 Å². The second kappa shape index (κ2) is 6.79. The van der Waals surface area contributed by atoms with Gasteiger partial charge in [0.25, 0.3) is 0 Å². The first-order chi connectivity index (χ1) is 9.91. The highest BCUT2D eigenvalue weighted by Crippen LogP contribution is 2.23. The SMILES string of the molecule is CS(=O)(=O)C1CSCCN1CC(O)c1ccc(C#N)cc1. The van der Waals surface area contributed by atoms with E-state index in [4.69, 9.17) is 5.26 Å². The van der Waals surface area contributed by atoms with E-state index in [1.54, 1.807) is 36.0 Å². The number of nitriles is 1. The van der Waals surface area contributed by atoms with Gasteiger partial charge in [-0.1, -0.05) is 12.1 Å². The third kappa shape index (κ3) is 4.20. The highest BCUT2D eigenvalue weighted by atomic mass is 32.2. The number of hydrogen-bond donors (Lipinski definition) is 1. The summed E-state index contributed by atoms with van der Waals surface area (Å²) in [5, 5.41) is 18.5. The Labute approximate surface area is 129 Å². The first-order valence-electron chi connectivity index (χ1n) is 6.60. The van der Waals surface area contributed by atoms with Crippen molar-refractivity contribution >= 4 is 21.6 Å². The Bertz CT molecular complexity index is 623. The predicted molar refractivity (Wildman–Crippen MR) is 83.6 cm³/mol. The molecular weight excluding hydrogens is 308 g/mol. The number of thioether (sulfide) groups is 1. The Morgan fingerprint density at radius 3 is 2.71 bits per heavy atom. The van der Waals surface area contributed by atoms with Crippen molar-refractivity contribution < 1.29 is 13.5 Å². The van der Waals surface area contributed by atoms with E-state index in [0.29, 0.717) is 23.4 Å². The zero-order valence-corrected chi connectivity index (χ0v) is 13.4. The fourth-order valence-electron chi connectivity index (χ4n) is 2.33. The van der Waals surface area contributed by atoms with Crippen LogP contribution >= 0.6 is 11.8 Å². The molecule has 2 rings (SSSR count).